The molecule has 0 N–H and O–H groups in total. The lowest BCUT2D eigenvalue weighted by molar-refractivity contribution is 0.132. The first-order chi connectivity index (χ1) is 12.5. The standard InChI is InChI=1S/C24H28FN/c1-16-8-9-26(15-19-5-4-17(2)18(3)11-19)24(10-16)22-12-20-6-7-23(25)14-21(20)13-22/h4-7,11,13-14,16,24H,8-10,12,15H2,1-3H3. The van der Waals surface area contributed by atoms with Crippen molar-refractivity contribution in [1.82, 2.24) is 4.90 Å². The van der Waals surface area contributed by atoms with Gasteiger partial charge in [-0.1, -0.05) is 37.3 Å². The Kier molecular flexibility index (Phi) is 4.71. The highest BCUT2D eigenvalue weighted by Crippen LogP contribution is 2.35. The first-order valence-electron chi connectivity index (χ1n) is 9.78. The summed E-state index contributed by atoms with van der Waals surface area (Å²) in [6.07, 6.45) is 5.67. The summed E-state index contributed by atoms with van der Waals surface area (Å²) in [7, 11) is 0. The Labute approximate surface area is 156 Å². The second kappa shape index (κ2) is 7.00. The van der Waals surface area contributed by atoms with Crippen LogP contribution in [-0.2, 0) is 13.0 Å². The Morgan fingerprint density at radius 1 is 1.08 bits per heavy atom. The van der Waals surface area contributed by atoms with Crippen LogP contribution in [0.4, 0.5) is 4.39 Å². The van der Waals surface area contributed by atoms with Crippen molar-refractivity contribution in [1.29, 1.82) is 0 Å². The van der Waals surface area contributed by atoms with E-state index < -0.39 is 0 Å². The fourth-order valence-electron chi connectivity index (χ4n) is 4.45. The predicted molar refractivity (Wildman–Crippen MR) is 107 cm³/mol. The zero-order valence-corrected chi connectivity index (χ0v) is 16.1. The molecule has 2 aromatic rings. The van der Waals surface area contributed by atoms with Crippen molar-refractivity contribution in [3.05, 3.63) is 75.6 Å². The van der Waals surface area contributed by atoms with E-state index in [0.29, 0.717) is 6.04 Å². The van der Waals surface area contributed by atoms with Crippen LogP contribution >= 0.6 is 0 Å². The number of aryl methyl sites for hydroxylation is 2. The maximum atomic E-state index is 13.6. The van der Waals surface area contributed by atoms with Crippen LogP contribution in [-0.4, -0.2) is 17.5 Å². The summed E-state index contributed by atoms with van der Waals surface area (Å²) in [5.41, 5.74) is 7.92. The molecule has 2 aliphatic rings. The number of likely N-dealkylation sites (tertiary alicyclic amines) is 1. The first-order valence-corrected chi connectivity index (χ1v) is 9.78. The number of hydrogen-bond donors (Lipinski definition) is 0. The van der Waals surface area contributed by atoms with Crippen LogP contribution in [0.15, 0.2) is 42.0 Å². The summed E-state index contributed by atoms with van der Waals surface area (Å²) >= 11 is 0. The number of nitrogens with zero attached hydrogens (tertiary/aromatic N) is 1. The second-order valence-electron chi connectivity index (χ2n) is 8.27. The van der Waals surface area contributed by atoms with Gasteiger partial charge in [0.2, 0.25) is 0 Å². The summed E-state index contributed by atoms with van der Waals surface area (Å²) in [6.45, 7) is 8.87. The lowest BCUT2D eigenvalue weighted by Gasteiger charge is -2.39. The highest BCUT2D eigenvalue weighted by Gasteiger charge is 2.31. The fourth-order valence-corrected chi connectivity index (χ4v) is 4.45. The predicted octanol–water partition coefficient (Wildman–Crippen LogP) is 5.68. The van der Waals surface area contributed by atoms with E-state index in [1.807, 2.05) is 6.07 Å². The van der Waals surface area contributed by atoms with Crippen LogP contribution < -0.4 is 0 Å². The van der Waals surface area contributed by atoms with E-state index in [9.17, 15) is 4.39 Å². The number of piperidine rings is 1. The summed E-state index contributed by atoms with van der Waals surface area (Å²) < 4.78 is 13.6. The van der Waals surface area contributed by atoms with E-state index in [1.54, 1.807) is 12.1 Å². The maximum Gasteiger partial charge on any atom is 0.123 e. The molecule has 1 heterocycles. The molecule has 0 bridgehead atoms. The van der Waals surface area contributed by atoms with Crippen molar-refractivity contribution in [3.63, 3.8) is 0 Å². The molecule has 0 amide bonds. The minimum Gasteiger partial charge on any atom is -0.292 e. The number of halogens is 1. The lowest BCUT2D eigenvalue weighted by Crippen LogP contribution is -2.42. The van der Waals surface area contributed by atoms with Crippen LogP contribution in [0.25, 0.3) is 6.08 Å². The average molecular weight is 349 g/mol. The van der Waals surface area contributed by atoms with E-state index in [0.717, 1.165) is 31.0 Å². The molecule has 1 nitrogen and oxygen atoms in total. The smallest absolute Gasteiger partial charge is 0.123 e. The van der Waals surface area contributed by atoms with Crippen LogP contribution in [0.2, 0.25) is 0 Å². The van der Waals surface area contributed by atoms with Gasteiger partial charge in [0.1, 0.15) is 5.82 Å². The van der Waals surface area contributed by atoms with Gasteiger partial charge < -0.3 is 0 Å². The molecule has 2 atom stereocenters. The monoisotopic (exact) mass is 349 g/mol. The van der Waals surface area contributed by atoms with Crippen molar-refractivity contribution in [2.45, 2.75) is 52.6 Å². The Bertz CT molecular complexity index is 851. The highest BCUT2D eigenvalue weighted by molar-refractivity contribution is 5.65. The molecule has 1 aliphatic carbocycles. The average Bonchev–Trinajstić information content (AvgIpc) is 3.02. The molecular formula is C24H28FN. The molecule has 136 valence electrons. The lowest BCUT2D eigenvalue weighted by atomic mass is 9.87. The highest BCUT2D eigenvalue weighted by atomic mass is 19.1. The molecule has 2 heteroatoms. The minimum absolute atomic E-state index is 0.134. The maximum absolute atomic E-state index is 13.6. The van der Waals surface area contributed by atoms with E-state index in [4.69, 9.17) is 0 Å². The number of benzene rings is 2. The van der Waals surface area contributed by atoms with E-state index >= 15 is 0 Å². The fraction of sp³-hybridized carbons (Fsp3) is 0.417. The Balaban J connectivity index is 1.58. The molecule has 0 spiro atoms. The number of rotatable bonds is 3. The van der Waals surface area contributed by atoms with Gasteiger partial charge in [0.15, 0.2) is 0 Å². The Morgan fingerprint density at radius 2 is 1.92 bits per heavy atom. The van der Waals surface area contributed by atoms with Gasteiger partial charge in [-0.2, -0.15) is 0 Å². The van der Waals surface area contributed by atoms with Crippen molar-refractivity contribution in [3.8, 4) is 0 Å². The summed E-state index contributed by atoms with van der Waals surface area (Å²) in [4.78, 5) is 2.64. The summed E-state index contributed by atoms with van der Waals surface area (Å²) in [5, 5.41) is 0. The van der Waals surface area contributed by atoms with E-state index in [1.165, 1.54) is 40.7 Å². The van der Waals surface area contributed by atoms with Gasteiger partial charge in [-0.25, -0.2) is 4.39 Å². The number of fused-ring (bicyclic) bond motifs is 1. The summed E-state index contributed by atoms with van der Waals surface area (Å²) in [6, 6.07) is 12.5. The topological polar surface area (TPSA) is 3.24 Å². The molecule has 0 saturated carbocycles. The molecule has 1 saturated heterocycles. The quantitative estimate of drug-likeness (QED) is 0.689. The molecule has 0 aromatic heterocycles. The zero-order valence-electron chi connectivity index (χ0n) is 16.1. The third-order valence-corrected chi connectivity index (χ3v) is 6.20. The molecule has 2 aromatic carbocycles. The van der Waals surface area contributed by atoms with Crippen molar-refractivity contribution < 1.29 is 4.39 Å². The third-order valence-electron chi connectivity index (χ3n) is 6.20. The van der Waals surface area contributed by atoms with Gasteiger partial charge in [-0.15, -0.1) is 0 Å². The Morgan fingerprint density at radius 3 is 2.73 bits per heavy atom. The van der Waals surface area contributed by atoms with Gasteiger partial charge in [0, 0.05) is 12.6 Å². The minimum atomic E-state index is -0.134. The summed E-state index contributed by atoms with van der Waals surface area (Å²) in [5.74, 6) is 0.614. The van der Waals surface area contributed by atoms with E-state index in [2.05, 4.69) is 49.9 Å². The zero-order chi connectivity index (χ0) is 18.3. The van der Waals surface area contributed by atoms with Crippen LogP contribution in [0.5, 0.6) is 0 Å². The molecule has 0 radical (unpaired) electrons. The van der Waals surface area contributed by atoms with Crippen molar-refractivity contribution >= 4 is 6.08 Å². The molecule has 1 fully saturated rings. The molecular weight excluding hydrogens is 321 g/mol. The molecule has 26 heavy (non-hydrogen) atoms. The largest absolute Gasteiger partial charge is 0.292 e. The Hall–Kier alpha value is -1.93. The molecule has 2 unspecified atom stereocenters. The normalized spacial score (nSPS) is 23.0. The number of hydrogen-bond acceptors (Lipinski definition) is 1. The third kappa shape index (κ3) is 3.48. The van der Waals surface area contributed by atoms with Crippen LogP contribution in [0.1, 0.15) is 47.6 Å². The SMILES string of the molecule is Cc1ccc(CN2CCC(C)CC2C2=Cc3cc(F)ccc3C2)cc1C. The van der Waals surface area contributed by atoms with Crippen LogP contribution in [0, 0.1) is 25.6 Å². The van der Waals surface area contributed by atoms with Crippen molar-refractivity contribution in [2.75, 3.05) is 6.54 Å². The second-order valence-corrected chi connectivity index (χ2v) is 8.27. The van der Waals surface area contributed by atoms with E-state index in [-0.39, 0.29) is 5.82 Å². The molecule has 4 rings (SSSR count). The first kappa shape index (κ1) is 17.5. The van der Waals surface area contributed by atoms with Crippen LogP contribution in [0.3, 0.4) is 0 Å². The van der Waals surface area contributed by atoms with Gasteiger partial charge in [0.25, 0.3) is 0 Å². The van der Waals surface area contributed by atoms with Gasteiger partial charge in [-0.3, -0.25) is 4.90 Å². The molecule has 1 aliphatic heterocycles. The van der Waals surface area contributed by atoms with Gasteiger partial charge in [-0.05, 0) is 91.1 Å². The van der Waals surface area contributed by atoms with Crippen molar-refractivity contribution in [2.24, 2.45) is 5.92 Å². The van der Waals surface area contributed by atoms with Gasteiger partial charge in [0.05, 0.1) is 0 Å². The van der Waals surface area contributed by atoms with Gasteiger partial charge >= 0.3 is 0 Å².